The van der Waals surface area contributed by atoms with Gasteiger partial charge in [-0.25, -0.2) is 4.79 Å². The van der Waals surface area contributed by atoms with Gasteiger partial charge in [-0.2, -0.15) is 0 Å². The lowest BCUT2D eigenvalue weighted by atomic mass is 10.1. The molecule has 0 heterocycles. The summed E-state index contributed by atoms with van der Waals surface area (Å²) in [5.41, 5.74) is 4.26. The minimum Gasteiger partial charge on any atom is -0.385 e. The van der Waals surface area contributed by atoms with Crippen molar-refractivity contribution < 1.29 is 9.53 Å². The molecule has 0 aromatic heterocycles. The van der Waals surface area contributed by atoms with Crippen LogP contribution in [0.25, 0.3) is 0 Å². The Morgan fingerprint density at radius 2 is 1.72 bits per heavy atom. The molecule has 0 radical (unpaired) electrons. The fraction of sp³-hybridized carbons (Fsp3) is 0.381. The Kier molecular flexibility index (Phi) is 7.48. The molecule has 4 heteroatoms. The van der Waals surface area contributed by atoms with Crippen molar-refractivity contribution in [3.63, 3.8) is 0 Å². The molecule has 0 unspecified atom stereocenters. The Balaban J connectivity index is 2.05. The van der Waals surface area contributed by atoms with E-state index < -0.39 is 0 Å². The summed E-state index contributed by atoms with van der Waals surface area (Å²) >= 11 is 0. The normalized spacial score (nSPS) is 10.5. The smallest absolute Gasteiger partial charge is 0.322 e. The van der Waals surface area contributed by atoms with Crippen LogP contribution < -0.4 is 5.32 Å². The fourth-order valence-corrected chi connectivity index (χ4v) is 2.85. The minimum atomic E-state index is -0.0636. The zero-order valence-corrected chi connectivity index (χ0v) is 15.4. The van der Waals surface area contributed by atoms with Crippen molar-refractivity contribution in [2.75, 3.05) is 25.6 Å². The van der Waals surface area contributed by atoms with E-state index >= 15 is 0 Å². The molecule has 0 saturated heterocycles. The predicted octanol–water partition coefficient (Wildman–Crippen LogP) is 4.76. The third-order valence-corrected chi connectivity index (χ3v) is 4.00. The third kappa shape index (κ3) is 6.59. The van der Waals surface area contributed by atoms with Crippen molar-refractivity contribution >= 4 is 11.7 Å². The average Bonchev–Trinajstić information content (AvgIpc) is 2.57. The molecule has 2 aromatic carbocycles. The van der Waals surface area contributed by atoms with Gasteiger partial charge < -0.3 is 15.0 Å². The van der Waals surface area contributed by atoms with Crippen molar-refractivity contribution in [2.24, 2.45) is 0 Å². The van der Waals surface area contributed by atoms with E-state index in [2.05, 4.69) is 11.4 Å². The van der Waals surface area contributed by atoms with Crippen LogP contribution in [0, 0.1) is 13.8 Å². The molecule has 134 valence electrons. The largest absolute Gasteiger partial charge is 0.385 e. The maximum absolute atomic E-state index is 12.8. The summed E-state index contributed by atoms with van der Waals surface area (Å²) in [7, 11) is 1.70. The van der Waals surface area contributed by atoms with E-state index in [-0.39, 0.29) is 6.03 Å². The number of carbonyl (C=O) groups excluding carboxylic acids is 1. The fourth-order valence-electron chi connectivity index (χ4n) is 2.85. The number of carbonyl (C=O) groups is 1. The van der Waals surface area contributed by atoms with Crippen LogP contribution in [-0.4, -0.2) is 31.2 Å². The molecule has 0 atom stereocenters. The Labute approximate surface area is 150 Å². The Bertz CT molecular complexity index is 651. The number of amides is 2. The molecule has 0 fully saturated rings. The summed E-state index contributed by atoms with van der Waals surface area (Å²) in [6.45, 7) is 6.10. The number of hydrogen-bond acceptors (Lipinski definition) is 2. The standard InChI is InChI=1S/C21H28N2O2/c1-17-13-18(2)15-20(14-17)22-21(24)23(11-7-8-12-25-3)16-19-9-5-4-6-10-19/h4-6,9-10,13-15H,7-8,11-12,16H2,1-3H3,(H,22,24). The highest BCUT2D eigenvalue weighted by molar-refractivity contribution is 5.89. The maximum Gasteiger partial charge on any atom is 0.322 e. The second kappa shape index (κ2) is 9.84. The lowest BCUT2D eigenvalue weighted by molar-refractivity contribution is 0.182. The van der Waals surface area contributed by atoms with E-state index in [1.165, 1.54) is 0 Å². The monoisotopic (exact) mass is 340 g/mol. The highest BCUT2D eigenvalue weighted by Gasteiger charge is 2.14. The number of unbranched alkanes of at least 4 members (excludes halogenated alkanes) is 1. The minimum absolute atomic E-state index is 0.0636. The molecule has 0 bridgehead atoms. The summed E-state index contributed by atoms with van der Waals surface area (Å²) in [6.07, 6.45) is 1.86. The van der Waals surface area contributed by atoms with Gasteiger partial charge >= 0.3 is 6.03 Å². The number of methoxy groups -OCH3 is 1. The van der Waals surface area contributed by atoms with Crippen molar-refractivity contribution in [3.8, 4) is 0 Å². The van der Waals surface area contributed by atoms with Crippen molar-refractivity contribution in [3.05, 3.63) is 65.2 Å². The van der Waals surface area contributed by atoms with Crippen LogP contribution in [0.4, 0.5) is 10.5 Å². The second-order valence-corrected chi connectivity index (χ2v) is 6.41. The molecule has 0 aliphatic heterocycles. The molecule has 4 nitrogen and oxygen atoms in total. The molecule has 2 amide bonds. The number of anilines is 1. The van der Waals surface area contributed by atoms with Crippen LogP contribution in [0.3, 0.4) is 0 Å². The first kappa shape index (κ1) is 19.0. The highest BCUT2D eigenvalue weighted by Crippen LogP contribution is 2.15. The van der Waals surface area contributed by atoms with Gasteiger partial charge in [-0.3, -0.25) is 0 Å². The molecular weight excluding hydrogens is 312 g/mol. The van der Waals surface area contributed by atoms with E-state index in [4.69, 9.17) is 4.74 Å². The molecule has 2 rings (SSSR count). The number of benzene rings is 2. The number of urea groups is 1. The number of nitrogens with one attached hydrogen (secondary N) is 1. The van der Waals surface area contributed by atoms with Gasteiger partial charge in [0.25, 0.3) is 0 Å². The topological polar surface area (TPSA) is 41.6 Å². The van der Waals surface area contributed by atoms with E-state index in [0.29, 0.717) is 13.1 Å². The SMILES string of the molecule is COCCCCN(Cc1ccccc1)C(=O)Nc1cc(C)cc(C)c1. The van der Waals surface area contributed by atoms with Crippen LogP contribution in [0.15, 0.2) is 48.5 Å². The number of aryl methyl sites for hydroxylation is 2. The van der Waals surface area contributed by atoms with E-state index in [1.54, 1.807) is 7.11 Å². The van der Waals surface area contributed by atoms with Gasteiger partial charge in [-0.1, -0.05) is 36.4 Å². The summed E-state index contributed by atoms with van der Waals surface area (Å²) in [6, 6.07) is 16.1. The van der Waals surface area contributed by atoms with Crippen molar-refractivity contribution in [1.29, 1.82) is 0 Å². The summed E-state index contributed by atoms with van der Waals surface area (Å²) in [5, 5.41) is 3.04. The molecule has 0 saturated carbocycles. The molecule has 1 N–H and O–H groups in total. The van der Waals surface area contributed by atoms with Crippen LogP contribution in [0.2, 0.25) is 0 Å². The molecule has 0 aliphatic carbocycles. The number of hydrogen-bond donors (Lipinski definition) is 1. The van der Waals surface area contributed by atoms with E-state index in [9.17, 15) is 4.79 Å². The Morgan fingerprint density at radius 3 is 2.36 bits per heavy atom. The van der Waals surface area contributed by atoms with Crippen molar-refractivity contribution in [2.45, 2.75) is 33.2 Å². The van der Waals surface area contributed by atoms with Gasteiger partial charge in [0.1, 0.15) is 0 Å². The zero-order valence-electron chi connectivity index (χ0n) is 15.4. The summed E-state index contributed by atoms with van der Waals surface area (Å²) < 4.78 is 5.11. The molecule has 2 aromatic rings. The Morgan fingerprint density at radius 1 is 1.04 bits per heavy atom. The first-order valence-corrected chi connectivity index (χ1v) is 8.75. The lowest BCUT2D eigenvalue weighted by Gasteiger charge is -2.23. The zero-order chi connectivity index (χ0) is 18.1. The number of nitrogens with zero attached hydrogens (tertiary/aromatic N) is 1. The average molecular weight is 340 g/mol. The highest BCUT2D eigenvalue weighted by atomic mass is 16.5. The van der Waals surface area contributed by atoms with Crippen LogP contribution in [-0.2, 0) is 11.3 Å². The Hall–Kier alpha value is -2.33. The first-order chi connectivity index (χ1) is 12.1. The molecule has 0 aliphatic rings. The van der Waals surface area contributed by atoms with Gasteiger partial charge in [0.2, 0.25) is 0 Å². The molecular formula is C21H28N2O2. The van der Waals surface area contributed by atoms with E-state index in [1.807, 2.05) is 61.2 Å². The van der Waals surface area contributed by atoms with Crippen LogP contribution in [0.5, 0.6) is 0 Å². The lowest BCUT2D eigenvalue weighted by Crippen LogP contribution is -2.35. The third-order valence-electron chi connectivity index (χ3n) is 4.00. The van der Waals surface area contributed by atoms with Crippen LogP contribution >= 0.6 is 0 Å². The van der Waals surface area contributed by atoms with Gasteiger partial charge in [0, 0.05) is 32.5 Å². The van der Waals surface area contributed by atoms with Crippen LogP contribution in [0.1, 0.15) is 29.5 Å². The maximum atomic E-state index is 12.8. The summed E-state index contributed by atoms with van der Waals surface area (Å²) in [5.74, 6) is 0. The number of rotatable bonds is 8. The van der Waals surface area contributed by atoms with E-state index in [0.717, 1.165) is 41.8 Å². The van der Waals surface area contributed by atoms with Crippen molar-refractivity contribution in [1.82, 2.24) is 4.90 Å². The summed E-state index contributed by atoms with van der Waals surface area (Å²) in [4.78, 5) is 14.7. The first-order valence-electron chi connectivity index (χ1n) is 8.75. The quantitative estimate of drug-likeness (QED) is 0.704. The second-order valence-electron chi connectivity index (χ2n) is 6.41. The van der Waals surface area contributed by atoms with Gasteiger partial charge in [-0.05, 0) is 55.5 Å². The van der Waals surface area contributed by atoms with Gasteiger partial charge in [-0.15, -0.1) is 0 Å². The predicted molar refractivity (Wildman–Crippen MR) is 103 cm³/mol. The molecule has 0 spiro atoms. The van der Waals surface area contributed by atoms with Gasteiger partial charge in [0.05, 0.1) is 0 Å². The molecule has 25 heavy (non-hydrogen) atoms. The van der Waals surface area contributed by atoms with Gasteiger partial charge in [0.15, 0.2) is 0 Å². The number of ether oxygens (including phenoxy) is 1.